The molecule has 0 aliphatic rings. The fourth-order valence-electron chi connectivity index (χ4n) is 1.67. The average molecular weight is 300 g/mol. The topological polar surface area (TPSA) is 119 Å². The second-order valence-corrected chi connectivity index (χ2v) is 6.05. The molecule has 7 nitrogen and oxygen atoms in total. The largest absolute Gasteiger partial charge is 0.399 e. The van der Waals surface area contributed by atoms with Crippen LogP contribution in [0, 0.1) is 0 Å². The van der Waals surface area contributed by atoms with Crippen LogP contribution < -0.4 is 16.2 Å². The molecule has 1 atom stereocenters. The molecule has 112 valence electrons. The standard InChI is InChI=1S/C12H20N4O3S/c1-4-16(3)12(17)8(2)15-10-6-5-9(13)7-11(10)20(14,18)19/h5-8,15H,4,13H2,1-3H3,(H2,14,18,19). The third-order valence-electron chi connectivity index (χ3n) is 2.91. The normalized spacial score (nSPS) is 12.8. The Morgan fingerprint density at radius 3 is 2.55 bits per heavy atom. The number of carbonyl (C=O) groups is 1. The summed E-state index contributed by atoms with van der Waals surface area (Å²) < 4.78 is 23.1. The van der Waals surface area contributed by atoms with Crippen molar-refractivity contribution in [1.82, 2.24) is 4.90 Å². The van der Waals surface area contributed by atoms with Crippen LogP contribution in [-0.2, 0) is 14.8 Å². The maximum atomic E-state index is 12.0. The molecule has 0 aromatic heterocycles. The van der Waals surface area contributed by atoms with Crippen LogP contribution in [0.5, 0.6) is 0 Å². The fraction of sp³-hybridized carbons (Fsp3) is 0.417. The van der Waals surface area contributed by atoms with E-state index >= 15 is 0 Å². The van der Waals surface area contributed by atoms with E-state index in [-0.39, 0.29) is 22.2 Å². The zero-order valence-electron chi connectivity index (χ0n) is 11.8. The maximum Gasteiger partial charge on any atom is 0.244 e. The van der Waals surface area contributed by atoms with Gasteiger partial charge in [0.1, 0.15) is 10.9 Å². The Hall–Kier alpha value is -1.80. The van der Waals surface area contributed by atoms with Crippen LogP contribution in [0.15, 0.2) is 23.1 Å². The molecule has 0 radical (unpaired) electrons. The zero-order chi connectivity index (χ0) is 15.5. The summed E-state index contributed by atoms with van der Waals surface area (Å²) >= 11 is 0. The molecule has 1 aromatic rings. The summed E-state index contributed by atoms with van der Waals surface area (Å²) in [5.41, 5.74) is 6.10. The molecule has 5 N–H and O–H groups in total. The molecule has 0 aliphatic carbocycles. The summed E-state index contributed by atoms with van der Waals surface area (Å²) in [5, 5.41) is 8.00. The highest BCUT2D eigenvalue weighted by Crippen LogP contribution is 2.23. The van der Waals surface area contributed by atoms with Gasteiger partial charge in [-0.05, 0) is 32.0 Å². The molecule has 1 rings (SSSR count). The smallest absolute Gasteiger partial charge is 0.244 e. The quantitative estimate of drug-likeness (QED) is 0.671. The summed E-state index contributed by atoms with van der Waals surface area (Å²) in [6, 6.07) is 3.71. The van der Waals surface area contributed by atoms with Gasteiger partial charge in [-0.15, -0.1) is 0 Å². The molecular weight excluding hydrogens is 280 g/mol. The van der Waals surface area contributed by atoms with E-state index in [0.29, 0.717) is 6.54 Å². The van der Waals surface area contributed by atoms with E-state index in [4.69, 9.17) is 10.9 Å². The Labute approximate surface area is 119 Å². The number of likely N-dealkylation sites (N-methyl/N-ethyl adjacent to an activating group) is 1. The molecular formula is C12H20N4O3S. The molecule has 0 aliphatic heterocycles. The molecule has 0 heterocycles. The Kier molecular flexibility index (Phi) is 4.96. The number of nitrogens with zero attached hydrogens (tertiary/aromatic N) is 1. The van der Waals surface area contributed by atoms with Crippen LogP contribution in [0.25, 0.3) is 0 Å². The van der Waals surface area contributed by atoms with Crippen LogP contribution in [-0.4, -0.2) is 38.9 Å². The van der Waals surface area contributed by atoms with E-state index in [9.17, 15) is 13.2 Å². The number of hydrogen-bond donors (Lipinski definition) is 3. The molecule has 0 bridgehead atoms. The van der Waals surface area contributed by atoms with Gasteiger partial charge in [-0.25, -0.2) is 13.6 Å². The van der Waals surface area contributed by atoms with Crippen molar-refractivity contribution in [1.29, 1.82) is 0 Å². The predicted octanol–water partition coefficient (Wildman–Crippen LogP) is 0.195. The molecule has 1 unspecified atom stereocenters. The van der Waals surface area contributed by atoms with E-state index in [1.807, 2.05) is 6.92 Å². The number of nitrogen functional groups attached to an aromatic ring is 1. The SMILES string of the molecule is CCN(C)C(=O)C(C)Nc1ccc(N)cc1S(N)(=O)=O. The first-order chi connectivity index (χ1) is 9.16. The minimum Gasteiger partial charge on any atom is -0.399 e. The lowest BCUT2D eigenvalue weighted by Crippen LogP contribution is -2.39. The van der Waals surface area contributed by atoms with E-state index < -0.39 is 16.1 Å². The van der Waals surface area contributed by atoms with Crippen LogP contribution in [0.1, 0.15) is 13.8 Å². The second kappa shape index (κ2) is 6.10. The number of hydrogen-bond acceptors (Lipinski definition) is 5. The van der Waals surface area contributed by atoms with Crippen molar-refractivity contribution in [2.24, 2.45) is 5.14 Å². The van der Waals surface area contributed by atoms with E-state index in [0.717, 1.165) is 0 Å². The van der Waals surface area contributed by atoms with Crippen LogP contribution in [0.2, 0.25) is 0 Å². The Morgan fingerprint density at radius 1 is 1.45 bits per heavy atom. The summed E-state index contributed by atoms with van der Waals surface area (Å²) in [5.74, 6) is -0.148. The average Bonchev–Trinajstić information content (AvgIpc) is 2.37. The molecule has 0 spiro atoms. The van der Waals surface area contributed by atoms with Crippen molar-refractivity contribution in [3.05, 3.63) is 18.2 Å². The summed E-state index contributed by atoms with van der Waals surface area (Å²) in [4.78, 5) is 13.4. The van der Waals surface area contributed by atoms with Crippen LogP contribution in [0.3, 0.4) is 0 Å². The zero-order valence-corrected chi connectivity index (χ0v) is 12.6. The Bertz CT molecular complexity index is 601. The first kappa shape index (κ1) is 16.3. The number of nitrogens with two attached hydrogens (primary N) is 2. The summed E-state index contributed by atoms with van der Waals surface area (Å²) in [6.45, 7) is 4.07. The molecule has 0 fully saturated rings. The number of sulfonamides is 1. The van der Waals surface area contributed by atoms with Crippen molar-refractivity contribution in [2.45, 2.75) is 24.8 Å². The Balaban J connectivity index is 3.07. The number of benzene rings is 1. The van der Waals surface area contributed by atoms with E-state index in [2.05, 4.69) is 5.32 Å². The highest BCUT2D eigenvalue weighted by molar-refractivity contribution is 7.89. The number of rotatable bonds is 5. The third-order valence-corrected chi connectivity index (χ3v) is 3.86. The number of amides is 1. The van der Waals surface area contributed by atoms with Gasteiger partial charge in [0.2, 0.25) is 15.9 Å². The maximum absolute atomic E-state index is 12.0. The van der Waals surface area contributed by atoms with Gasteiger partial charge in [0.05, 0.1) is 5.69 Å². The third kappa shape index (κ3) is 3.84. The lowest BCUT2D eigenvalue weighted by molar-refractivity contribution is -0.130. The summed E-state index contributed by atoms with van der Waals surface area (Å²) in [6.07, 6.45) is 0. The lowest BCUT2D eigenvalue weighted by Gasteiger charge is -2.22. The van der Waals surface area contributed by atoms with E-state index in [1.165, 1.54) is 23.1 Å². The first-order valence-corrected chi connectivity index (χ1v) is 7.65. The van der Waals surface area contributed by atoms with Gasteiger partial charge in [-0.2, -0.15) is 0 Å². The van der Waals surface area contributed by atoms with E-state index in [1.54, 1.807) is 14.0 Å². The highest BCUT2D eigenvalue weighted by Gasteiger charge is 2.20. The van der Waals surface area contributed by atoms with Gasteiger partial charge in [0.15, 0.2) is 0 Å². The first-order valence-electron chi connectivity index (χ1n) is 6.10. The number of nitrogens with one attached hydrogen (secondary N) is 1. The molecule has 0 saturated carbocycles. The minimum absolute atomic E-state index is 0.128. The molecule has 1 amide bonds. The summed E-state index contributed by atoms with van der Waals surface area (Å²) in [7, 11) is -2.25. The van der Waals surface area contributed by atoms with Crippen molar-refractivity contribution in [3.8, 4) is 0 Å². The van der Waals surface area contributed by atoms with Crippen LogP contribution >= 0.6 is 0 Å². The predicted molar refractivity (Wildman–Crippen MR) is 78.6 cm³/mol. The lowest BCUT2D eigenvalue weighted by atomic mass is 10.2. The molecule has 20 heavy (non-hydrogen) atoms. The molecule has 1 aromatic carbocycles. The fourth-order valence-corrected chi connectivity index (χ4v) is 2.41. The van der Waals surface area contributed by atoms with Crippen molar-refractivity contribution in [3.63, 3.8) is 0 Å². The Morgan fingerprint density at radius 2 is 2.05 bits per heavy atom. The van der Waals surface area contributed by atoms with Crippen molar-refractivity contribution < 1.29 is 13.2 Å². The van der Waals surface area contributed by atoms with Crippen molar-refractivity contribution in [2.75, 3.05) is 24.6 Å². The van der Waals surface area contributed by atoms with Gasteiger partial charge < -0.3 is 16.0 Å². The number of carbonyl (C=O) groups excluding carboxylic acids is 1. The number of primary sulfonamides is 1. The van der Waals surface area contributed by atoms with Gasteiger partial charge in [-0.3, -0.25) is 4.79 Å². The van der Waals surface area contributed by atoms with Crippen LogP contribution in [0.4, 0.5) is 11.4 Å². The highest BCUT2D eigenvalue weighted by atomic mass is 32.2. The van der Waals surface area contributed by atoms with Gasteiger partial charge >= 0.3 is 0 Å². The van der Waals surface area contributed by atoms with Gasteiger partial charge in [-0.1, -0.05) is 0 Å². The van der Waals surface area contributed by atoms with Crippen molar-refractivity contribution >= 4 is 27.3 Å². The molecule has 0 saturated heterocycles. The second-order valence-electron chi connectivity index (χ2n) is 4.52. The van der Waals surface area contributed by atoms with Gasteiger partial charge in [0.25, 0.3) is 0 Å². The molecule has 8 heteroatoms. The monoisotopic (exact) mass is 300 g/mol. The number of anilines is 2. The minimum atomic E-state index is -3.92. The van der Waals surface area contributed by atoms with Gasteiger partial charge in [0, 0.05) is 19.3 Å².